The Kier molecular flexibility index (Phi) is 25.2. The summed E-state index contributed by atoms with van der Waals surface area (Å²) in [4.78, 5) is 0. The van der Waals surface area contributed by atoms with Gasteiger partial charge in [0.25, 0.3) is 11.9 Å². The Morgan fingerprint density at radius 1 is 0.500 bits per heavy atom. The fourth-order valence-electron chi connectivity index (χ4n) is 2.73. The summed E-state index contributed by atoms with van der Waals surface area (Å²) < 4.78 is 23.2. The highest BCUT2D eigenvalue weighted by Gasteiger charge is 2.00. The third-order valence-corrected chi connectivity index (χ3v) is 7.78. The summed E-state index contributed by atoms with van der Waals surface area (Å²) in [5.41, 5.74) is 0. The molecule has 0 N–H and O–H groups in total. The largest absolute Gasteiger partial charge is 0.466 e. The van der Waals surface area contributed by atoms with Crippen molar-refractivity contribution >= 4 is 19.0 Å². The van der Waals surface area contributed by atoms with Crippen molar-refractivity contribution in [2.45, 2.75) is 103 Å². The van der Waals surface area contributed by atoms with Gasteiger partial charge in [0.05, 0.1) is 26.4 Å². The highest BCUT2D eigenvalue weighted by Crippen LogP contribution is 2.08. The summed E-state index contributed by atoms with van der Waals surface area (Å²) in [6.45, 7) is 11.8. The first kappa shape index (κ1) is 30.9. The minimum absolute atomic E-state index is 0.125. The standard InChI is InChI=1S/C26H52O4Si2/c1-5-9-17-27-25(28-18-10-6-2)15-23-31-21-13-14-22-32-24-16-26(29-19-11-7-3)30-20-12-8-4/h13-16H,5-12,17-24,31-32H2,1-4H3. The second-order valence-corrected chi connectivity index (χ2v) is 11.9. The summed E-state index contributed by atoms with van der Waals surface area (Å²) >= 11 is 0. The molecule has 0 aliphatic carbocycles. The van der Waals surface area contributed by atoms with Crippen LogP contribution in [0.2, 0.25) is 24.2 Å². The number of hydrogen-bond acceptors (Lipinski definition) is 4. The van der Waals surface area contributed by atoms with Gasteiger partial charge in [-0.2, -0.15) is 0 Å². The lowest BCUT2D eigenvalue weighted by atomic mass is 10.4. The smallest absolute Gasteiger partial charge is 0.274 e. The fourth-order valence-corrected chi connectivity index (χ4v) is 5.03. The van der Waals surface area contributed by atoms with Gasteiger partial charge in [-0.25, -0.2) is 0 Å². The van der Waals surface area contributed by atoms with Crippen molar-refractivity contribution in [2.75, 3.05) is 26.4 Å². The van der Waals surface area contributed by atoms with Crippen LogP contribution in [0.3, 0.4) is 0 Å². The Morgan fingerprint density at radius 2 is 0.812 bits per heavy atom. The minimum Gasteiger partial charge on any atom is -0.466 e. The average Bonchev–Trinajstić information content (AvgIpc) is 2.80. The van der Waals surface area contributed by atoms with Crippen LogP contribution in [-0.2, 0) is 18.9 Å². The number of hydrogen-bond donors (Lipinski definition) is 0. The first-order chi connectivity index (χ1) is 15.8. The van der Waals surface area contributed by atoms with Gasteiger partial charge in [0.15, 0.2) is 0 Å². The van der Waals surface area contributed by atoms with E-state index >= 15 is 0 Å². The lowest BCUT2D eigenvalue weighted by Gasteiger charge is -2.11. The van der Waals surface area contributed by atoms with Crippen LogP contribution in [-0.4, -0.2) is 45.5 Å². The zero-order valence-corrected chi connectivity index (χ0v) is 24.5. The van der Waals surface area contributed by atoms with Crippen molar-refractivity contribution < 1.29 is 18.9 Å². The summed E-state index contributed by atoms with van der Waals surface area (Å²) in [6, 6.07) is 4.80. The van der Waals surface area contributed by atoms with E-state index in [1.54, 1.807) is 0 Å². The quantitative estimate of drug-likeness (QED) is 0.0678. The van der Waals surface area contributed by atoms with Crippen molar-refractivity contribution in [3.63, 3.8) is 0 Å². The molecule has 6 heteroatoms. The molecule has 0 aromatic heterocycles. The molecule has 0 saturated heterocycles. The van der Waals surface area contributed by atoms with Gasteiger partial charge in [0, 0.05) is 19.0 Å². The molecule has 0 amide bonds. The Hall–Kier alpha value is -1.15. The Morgan fingerprint density at radius 3 is 1.09 bits per heavy atom. The van der Waals surface area contributed by atoms with Gasteiger partial charge in [-0.15, -0.1) is 0 Å². The average molecular weight is 485 g/mol. The predicted molar refractivity (Wildman–Crippen MR) is 145 cm³/mol. The molecular formula is C26H52O4Si2. The molecule has 0 aliphatic heterocycles. The van der Waals surface area contributed by atoms with Crippen LogP contribution in [0.5, 0.6) is 0 Å². The van der Waals surface area contributed by atoms with E-state index in [-0.39, 0.29) is 19.0 Å². The molecule has 0 spiro atoms. The molecule has 0 heterocycles. The molecule has 0 bridgehead atoms. The third kappa shape index (κ3) is 22.1. The second-order valence-electron chi connectivity index (χ2n) is 8.19. The van der Waals surface area contributed by atoms with E-state index in [2.05, 4.69) is 52.0 Å². The van der Waals surface area contributed by atoms with E-state index in [0.29, 0.717) is 0 Å². The highest BCUT2D eigenvalue weighted by atomic mass is 28.2. The van der Waals surface area contributed by atoms with Crippen LogP contribution < -0.4 is 0 Å². The van der Waals surface area contributed by atoms with Crippen molar-refractivity contribution in [1.82, 2.24) is 0 Å². The molecular weight excluding hydrogens is 432 g/mol. The van der Waals surface area contributed by atoms with Gasteiger partial charge < -0.3 is 18.9 Å². The molecule has 0 saturated carbocycles. The van der Waals surface area contributed by atoms with Crippen molar-refractivity contribution in [1.29, 1.82) is 0 Å². The van der Waals surface area contributed by atoms with Gasteiger partial charge in [-0.3, -0.25) is 0 Å². The molecule has 4 nitrogen and oxygen atoms in total. The summed E-state index contributed by atoms with van der Waals surface area (Å²) in [7, 11) is -0.249. The molecule has 0 aliphatic rings. The number of rotatable bonds is 24. The van der Waals surface area contributed by atoms with Crippen molar-refractivity contribution in [3.8, 4) is 0 Å². The van der Waals surface area contributed by atoms with E-state index < -0.39 is 0 Å². The number of ether oxygens (including phenoxy) is 4. The molecule has 0 fully saturated rings. The van der Waals surface area contributed by atoms with E-state index in [9.17, 15) is 0 Å². The fraction of sp³-hybridized carbons (Fsp3) is 0.769. The van der Waals surface area contributed by atoms with E-state index in [1.807, 2.05) is 0 Å². The van der Waals surface area contributed by atoms with Gasteiger partial charge in [0.2, 0.25) is 0 Å². The molecule has 0 radical (unpaired) electrons. The lowest BCUT2D eigenvalue weighted by molar-refractivity contribution is 0.0323. The first-order valence-electron chi connectivity index (χ1n) is 13.3. The Labute approximate surface area is 203 Å². The molecule has 188 valence electrons. The van der Waals surface area contributed by atoms with Crippen molar-refractivity contribution in [2.24, 2.45) is 0 Å². The maximum Gasteiger partial charge on any atom is 0.274 e. The van der Waals surface area contributed by atoms with E-state index in [0.717, 1.165) is 102 Å². The molecule has 0 aromatic rings. The van der Waals surface area contributed by atoms with Crippen LogP contribution in [0, 0.1) is 0 Å². The highest BCUT2D eigenvalue weighted by molar-refractivity contribution is 6.37. The van der Waals surface area contributed by atoms with Gasteiger partial charge in [-0.1, -0.05) is 65.5 Å². The summed E-state index contributed by atoms with van der Waals surface area (Å²) in [5.74, 6) is 1.53. The monoisotopic (exact) mass is 484 g/mol. The lowest BCUT2D eigenvalue weighted by Crippen LogP contribution is -2.02. The van der Waals surface area contributed by atoms with Gasteiger partial charge >= 0.3 is 0 Å². The second kappa shape index (κ2) is 26.1. The molecule has 0 rings (SSSR count). The first-order valence-corrected chi connectivity index (χ1v) is 17.3. The van der Waals surface area contributed by atoms with Crippen LogP contribution in [0.15, 0.2) is 36.2 Å². The topological polar surface area (TPSA) is 36.9 Å². The van der Waals surface area contributed by atoms with Gasteiger partial charge in [-0.05, 0) is 62.0 Å². The number of unbranched alkanes of at least 4 members (excludes halogenated alkanes) is 4. The summed E-state index contributed by atoms with van der Waals surface area (Å²) in [5, 5.41) is 0. The molecule has 0 atom stereocenters. The van der Waals surface area contributed by atoms with E-state index in [1.165, 1.54) is 12.1 Å². The zero-order valence-electron chi connectivity index (χ0n) is 21.7. The maximum absolute atomic E-state index is 5.80. The van der Waals surface area contributed by atoms with E-state index in [4.69, 9.17) is 18.9 Å². The SMILES string of the molecule is CCCCOC(=CC[SiH2]CC=CC[SiH2]CC=C(OCCCC)OCCCC)OCCCC. The molecule has 32 heavy (non-hydrogen) atoms. The van der Waals surface area contributed by atoms with Crippen LogP contribution >= 0.6 is 0 Å². The predicted octanol–water partition coefficient (Wildman–Crippen LogP) is 6.50. The normalized spacial score (nSPS) is 11.5. The van der Waals surface area contributed by atoms with Gasteiger partial charge in [0.1, 0.15) is 0 Å². The maximum atomic E-state index is 5.80. The molecule has 0 unspecified atom stereocenters. The van der Waals surface area contributed by atoms with Crippen molar-refractivity contribution in [3.05, 3.63) is 36.2 Å². The van der Waals surface area contributed by atoms with Crippen LogP contribution in [0.25, 0.3) is 0 Å². The summed E-state index contributed by atoms with van der Waals surface area (Å²) in [6.07, 6.45) is 18.1. The number of allylic oxidation sites excluding steroid dienone is 4. The zero-order chi connectivity index (χ0) is 23.5. The Bertz CT molecular complexity index is 412. The third-order valence-electron chi connectivity index (χ3n) is 4.91. The Balaban J connectivity index is 4.05. The minimum atomic E-state index is -0.125. The van der Waals surface area contributed by atoms with Crippen LogP contribution in [0.1, 0.15) is 79.1 Å². The molecule has 0 aromatic carbocycles. The van der Waals surface area contributed by atoms with Crippen LogP contribution in [0.4, 0.5) is 0 Å².